The molecule has 164 valence electrons. The van der Waals surface area contributed by atoms with Crippen LogP contribution in [0.3, 0.4) is 0 Å². The Morgan fingerprint density at radius 1 is 0.938 bits per heavy atom. The number of anilines is 2. The van der Waals surface area contributed by atoms with E-state index in [2.05, 4.69) is 20.6 Å². The highest BCUT2D eigenvalue weighted by Gasteiger charge is 2.27. The zero-order chi connectivity index (χ0) is 22.2. The van der Waals surface area contributed by atoms with Gasteiger partial charge >= 0.3 is 0 Å². The Kier molecular flexibility index (Phi) is 7.07. The lowest BCUT2D eigenvalue weighted by Crippen LogP contribution is -2.45. The topological polar surface area (TPSA) is 87.2 Å². The summed E-state index contributed by atoms with van der Waals surface area (Å²) in [4.78, 5) is 35.9. The van der Waals surface area contributed by atoms with Gasteiger partial charge in [-0.2, -0.15) is 0 Å². The number of carbonyl (C=O) groups is 2. The fourth-order valence-corrected chi connectivity index (χ4v) is 4.00. The molecule has 0 unspecified atom stereocenters. The van der Waals surface area contributed by atoms with Gasteiger partial charge in [0.15, 0.2) is 0 Å². The van der Waals surface area contributed by atoms with Crippen molar-refractivity contribution in [2.75, 3.05) is 18.4 Å². The van der Waals surface area contributed by atoms with E-state index in [0.29, 0.717) is 23.6 Å². The highest BCUT2D eigenvalue weighted by molar-refractivity contribution is 5.95. The van der Waals surface area contributed by atoms with Crippen LogP contribution in [0.5, 0.6) is 0 Å². The molecule has 0 saturated carbocycles. The fraction of sp³-hybridized carbons (Fsp3) is 0.280. The molecule has 3 aromatic rings. The highest BCUT2D eigenvalue weighted by atomic mass is 16.2. The van der Waals surface area contributed by atoms with Crippen LogP contribution in [0.1, 0.15) is 46.4 Å². The van der Waals surface area contributed by atoms with Crippen LogP contribution in [-0.4, -0.2) is 45.8 Å². The van der Waals surface area contributed by atoms with Crippen molar-refractivity contribution >= 4 is 23.5 Å². The lowest BCUT2D eigenvalue weighted by Gasteiger charge is -2.36. The minimum Gasteiger partial charge on any atom is -0.352 e. The molecule has 4 rings (SSSR count). The number of likely N-dealkylation sites (tertiary alicyclic amines) is 1. The van der Waals surface area contributed by atoms with E-state index >= 15 is 0 Å². The van der Waals surface area contributed by atoms with Crippen LogP contribution in [0.2, 0.25) is 0 Å². The first-order valence-corrected chi connectivity index (χ1v) is 11.0. The lowest BCUT2D eigenvalue weighted by atomic mass is 9.98. The average molecular weight is 430 g/mol. The van der Waals surface area contributed by atoms with Gasteiger partial charge < -0.3 is 15.5 Å². The van der Waals surface area contributed by atoms with Gasteiger partial charge in [0.05, 0.1) is 0 Å². The van der Waals surface area contributed by atoms with E-state index in [0.717, 1.165) is 37.9 Å². The second-order valence-electron chi connectivity index (χ2n) is 7.84. The molecule has 1 aliphatic rings. The quantitative estimate of drug-likeness (QED) is 0.592. The molecule has 2 aromatic carbocycles. The summed E-state index contributed by atoms with van der Waals surface area (Å²) in [5.74, 6) is 0.421. The van der Waals surface area contributed by atoms with Gasteiger partial charge in [0.1, 0.15) is 0 Å². The Morgan fingerprint density at radius 2 is 1.72 bits per heavy atom. The maximum Gasteiger partial charge on any atom is 0.254 e. The Labute approximate surface area is 187 Å². The van der Waals surface area contributed by atoms with Crippen LogP contribution in [0.25, 0.3) is 0 Å². The van der Waals surface area contributed by atoms with Crippen LogP contribution in [-0.2, 0) is 0 Å². The third kappa shape index (κ3) is 5.49. The number of benzene rings is 2. The van der Waals surface area contributed by atoms with Gasteiger partial charge in [0.2, 0.25) is 5.95 Å². The van der Waals surface area contributed by atoms with Crippen LogP contribution in [0.4, 0.5) is 11.6 Å². The third-order valence-corrected chi connectivity index (χ3v) is 5.62. The first-order valence-electron chi connectivity index (χ1n) is 11.0. The van der Waals surface area contributed by atoms with Gasteiger partial charge in [-0.15, -0.1) is 0 Å². The average Bonchev–Trinajstić information content (AvgIpc) is 2.85. The van der Waals surface area contributed by atoms with Crippen molar-refractivity contribution < 1.29 is 9.59 Å². The minimum atomic E-state index is -0.0822. The molecule has 0 bridgehead atoms. The molecule has 2 amide bonds. The van der Waals surface area contributed by atoms with Crippen molar-refractivity contribution in [1.82, 2.24) is 20.2 Å². The summed E-state index contributed by atoms with van der Waals surface area (Å²) in [6.07, 6.45) is 7.10. The van der Waals surface area contributed by atoms with Gasteiger partial charge in [-0.25, -0.2) is 9.97 Å². The van der Waals surface area contributed by atoms with E-state index in [4.69, 9.17) is 0 Å². The van der Waals surface area contributed by atoms with E-state index in [9.17, 15) is 9.59 Å². The van der Waals surface area contributed by atoms with Crippen molar-refractivity contribution in [3.05, 3.63) is 84.2 Å². The van der Waals surface area contributed by atoms with Gasteiger partial charge in [-0.1, -0.05) is 24.3 Å². The molecular weight excluding hydrogens is 402 g/mol. The molecule has 2 N–H and O–H groups in total. The number of carbonyl (C=O) groups excluding carboxylic acids is 2. The van der Waals surface area contributed by atoms with Crippen molar-refractivity contribution in [3.63, 3.8) is 0 Å². The lowest BCUT2D eigenvalue weighted by molar-refractivity contribution is 0.0601. The molecule has 1 saturated heterocycles. The van der Waals surface area contributed by atoms with Crippen LogP contribution < -0.4 is 10.6 Å². The second-order valence-corrected chi connectivity index (χ2v) is 7.84. The molecule has 7 heteroatoms. The van der Waals surface area contributed by atoms with Crippen LogP contribution >= 0.6 is 0 Å². The first-order chi connectivity index (χ1) is 15.7. The molecule has 1 atom stereocenters. The molecule has 1 aliphatic heterocycles. The van der Waals surface area contributed by atoms with Crippen molar-refractivity contribution in [3.8, 4) is 0 Å². The van der Waals surface area contributed by atoms with Gasteiger partial charge in [0.25, 0.3) is 11.8 Å². The highest BCUT2D eigenvalue weighted by Crippen LogP contribution is 2.23. The SMILES string of the molecule is O=C(NCC[C@@H]1CCCCN1C(=O)c1cccc(Nc2ncccn2)c1)c1ccccc1. The molecule has 2 heterocycles. The summed E-state index contributed by atoms with van der Waals surface area (Å²) < 4.78 is 0. The zero-order valence-electron chi connectivity index (χ0n) is 17.9. The summed E-state index contributed by atoms with van der Waals surface area (Å²) in [5.41, 5.74) is 2.05. The summed E-state index contributed by atoms with van der Waals surface area (Å²) in [6, 6.07) is 18.5. The first kappa shape index (κ1) is 21.5. The maximum absolute atomic E-state index is 13.3. The molecule has 7 nitrogen and oxygen atoms in total. The van der Waals surface area contributed by atoms with E-state index in [1.54, 1.807) is 30.6 Å². The smallest absolute Gasteiger partial charge is 0.254 e. The predicted molar refractivity (Wildman–Crippen MR) is 124 cm³/mol. The third-order valence-electron chi connectivity index (χ3n) is 5.62. The van der Waals surface area contributed by atoms with E-state index in [-0.39, 0.29) is 17.9 Å². The summed E-state index contributed by atoms with van der Waals surface area (Å²) in [5, 5.41) is 6.12. The van der Waals surface area contributed by atoms with Crippen LogP contribution in [0.15, 0.2) is 73.1 Å². The fourth-order valence-electron chi connectivity index (χ4n) is 4.00. The van der Waals surface area contributed by atoms with Crippen molar-refractivity contribution in [2.24, 2.45) is 0 Å². The summed E-state index contributed by atoms with van der Waals surface area (Å²) >= 11 is 0. The number of nitrogens with zero attached hydrogens (tertiary/aromatic N) is 3. The minimum absolute atomic E-state index is 0.0155. The molecular formula is C25H27N5O2. The normalized spacial score (nSPS) is 15.8. The Bertz CT molecular complexity index is 1040. The van der Waals surface area contributed by atoms with E-state index < -0.39 is 0 Å². The number of rotatable bonds is 7. The van der Waals surface area contributed by atoms with Gasteiger partial charge in [-0.3, -0.25) is 9.59 Å². The number of piperidine rings is 1. The summed E-state index contributed by atoms with van der Waals surface area (Å²) in [7, 11) is 0. The van der Waals surface area contributed by atoms with Crippen LogP contribution in [0, 0.1) is 0 Å². The Balaban J connectivity index is 1.38. The molecule has 32 heavy (non-hydrogen) atoms. The van der Waals surface area contributed by atoms with E-state index in [1.807, 2.05) is 47.4 Å². The van der Waals surface area contributed by atoms with E-state index in [1.165, 1.54) is 0 Å². The monoisotopic (exact) mass is 429 g/mol. The Hall–Kier alpha value is -3.74. The molecule has 1 aromatic heterocycles. The number of nitrogens with one attached hydrogen (secondary N) is 2. The van der Waals surface area contributed by atoms with Gasteiger partial charge in [0, 0.05) is 48.3 Å². The predicted octanol–water partition coefficient (Wildman–Crippen LogP) is 4.04. The zero-order valence-corrected chi connectivity index (χ0v) is 17.9. The van der Waals surface area contributed by atoms with Crippen molar-refractivity contribution in [2.45, 2.75) is 31.7 Å². The molecule has 0 aliphatic carbocycles. The van der Waals surface area contributed by atoms with Gasteiger partial charge in [-0.05, 0) is 62.1 Å². The summed E-state index contributed by atoms with van der Waals surface area (Å²) in [6.45, 7) is 1.27. The standard InChI is InChI=1S/C25H27N5O2/c31-23(19-8-2-1-3-9-19)26-16-13-22-12-4-5-17-30(22)24(32)20-10-6-11-21(18-20)29-25-27-14-7-15-28-25/h1-3,6-11,14-15,18,22H,4-5,12-13,16-17H2,(H,26,31)(H,27,28,29)/t22-/m0/s1. The van der Waals surface area contributed by atoms with Crippen molar-refractivity contribution in [1.29, 1.82) is 0 Å². The molecule has 0 spiro atoms. The molecule has 0 radical (unpaired) electrons. The number of hydrogen-bond donors (Lipinski definition) is 2. The Morgan fingerprint density at radius 3 is 2.53 bits per heavy atom. The number of hydrogen-bond acceptors (Lipinski definition) is 5. The molecule has 1 fully saturated rings. The second kappa shape index (κ2) is 10.5. The largest absolute Gasteiger partial charge is 0.352 e. The number of aromatic nitrogens is 2. The number of amides is 2. The maximum atomic E-state index is 13.3.